The summed E-state index contributed by atoms with van der Waals surface area (Å²) in [5, 5.41) is 2.99. The predicted octanol–water partition coefficient (Wildman–Crippen LogP) is 3.09. The summed E-state index contributed by atoms with van der Waals surface area (Å²) in [4.78, 5) is 16.3. The van der Waals surface area contributed by atoms with Crippen LogP contribution >= 0.6 is 0 Å². The van der Waals surface area contributed by atoms with Crippen molar-refractivity contribution >= 4 is 17.4 Å². The summed E-state index contributed by atoms with van der Waals surface area (Å²) >= 11 is 0. The minimum atomic E-state index is -0.0404. The molecule has 2 amide bonds. The number of anilines is 2. The quantitative estimate of drug-likeness (QED) is 0.929. The predicted molar refractivity (Wildman–Crippen MR) is 90.7 cm³/mol. The molecule has 1 atom stereocenters. The monoisotopic (exact) mass is 305 g/mol. The molecule has 0 bridgehead atoms. The van der Waals surface area contributed by atoms with E-state index in [1.165, 1.54) is 0 Å². The van der Waals surface area contributed by atoms with Crippen molar-refractivity contribution in [1.29, 1.82) is 0 Å². The molecule has 122 valence electrons. The fourth-order valence-corrected chi connectivity index (χ4v) is 2.93. The third kappa shape index (κ3) is 4.13. The van der Waals surface area contributed by atoms with E-state index in [4.69, 9.17) is 4.74 Å². The van der Waals surface area contributed by atoms with Crippen molar-refractivity contribution in [2.24, 2.45) is 0 Å². The maximum absolute atomic E-state index is 12.4. The Kier molecular flexibility index (Phi) is 5.66. The molecule has 0 aromatic heterocycles. The average molecular weight is 305 g/mol. The number of urea groups is 1. The zero-order valence-electron chi connectivity index (χ0n) is 14.1. The number of likely N-dealkylation sites (tertiary alicyclic amines) is 1. The standard InChI is InChI=1S/C17H27N3O2/c1-5-22-15-7-6-10-20(12-15)17(21)18-14-8-9-16(19(3)4)13(2)11-14/h8-9,11,15H,5-7,10,12H2,1-4H3,(H,18,21). The van der Waals surface area contributed by atoms with Gasteiger partial charge in [0.2, 0.25) is 0 Å². The van der Waals surface area contributed by atoms with Crippen LogP contribution in [0.25, 0.3) is 0 Å². The van der Waals surface area contributed by atoms with Crippen molar-refractivity contribution in [2.75, 3.05) is 44.0 Å². The van der Waals surface area contributed by atoms with Gasteiger partial charge in [0, 0.05) is 45.2 Å². The van der Waals surface area contributed by atoms with Gasteiger partial charge in [-0.15, -0.1) is 0 Å². The Morgan fingerprint density at radius 2 is 2.23 bits per heavy atom. The zero-order chi connectivity index (χ0) is 16.1. The maximum Gasteiger partial charge on any atom is 0.321 e. The van der Waals surface area contributed by atoms with Crippen LogP contribution in [0.3, 0.4) is 0 Å². The summed E-state index contributed by atoms with van der Waals surface area (Å²) in [6.45, 7) is 6.22. The van der Waals surface area contributed by atoms with Gasteiger partial charge < -0.3 is 19.9 Å². The lowest BCUT2D eigenvalue weighted by Crippen LogP contribution is -2.45. The first-order valence-corrected chi connectivity index (χ1v) is 7.96. The molecule has 0 radical (unpaired) electrons. The lowest BCUT2D eigenvalue weighted by molar-refractivity contribution is 0.0181. The number of aryl methyl sites for hydroxylation is 1. The molecule has 1 saturated heterocycles. The van der Waals surface area contributed by atoms with Crippen molar-refractivity contribution < 1.29 is 9.53 Å². The number of benzene rings is 1. The highest BCUT2D eigenvalue weighted by molar-refractivity contribution is 5.89. The lowest BCUT2D eigenvalue weighted by atomic mass is 10.1. The second-order valence-corrected chi connectivity index (χ2v) is 5.99. The minimum absolute atomic E-state index is 0.0404. The van der Waals surface area contributed by atoms with Gasteiger partial charge in [0.25, 0.3) is 0 Å². The number of amides is 2. The second kappa shape index (κ2) is 7.49. The molecular formula is C17H27N3O2. The Labute approximate surface area is 133 Å². The van der Waals surface area contributed by atoms with Crippen LogP contribution in [0.5, 0.6) is 0 Å². The molecule has 0 saturated carbocycles. The number of ether oxygens (including phenoxy) is 1. The molecule has 1 N–H and O–H groups in total. The van der Waals surface area contributed by atoms with E-state index in [2.05, 4.69) is 17.1 Å². The molecule has 0 aliphatic carbocycles. The van der Waals surface area contributed by atoms with Crippen LogP contribution in [0.2, 0.25) is 0 Å². The lowest BCUT2D eigenvalue weighted by Gasteiger charge is -2.32. The van der Waals surface area contributed by atoms with Crippen LogP contribution in [0, 0.1) is 6.92 Å². The summed E-state index contributed by atoms with van der Waals surface area (Å²) in [5.41, 5.74) is 3.15. The molecule has 1 aromatic rings. The number of rotatable bonds is 4. The molecule has 1 unspecified atom stereocenters. The topological polar surface area (TPSA) is 44.8 Å². The number of piperidine rings is 1. The van der Waals surface area contributed by atoms with Crippen molar-refractivity contribution in [1.82, 2.24) is 4.90 Å². The molecule has 1 aliphatic rings. The van der Waals surface area contributed by atoms with Crippen LogP contribution in [-0.4, -0.2) is 50.8 Å². The van der Waals surface area contributed by atoms with E-state index in [9.17, 15) is 4.79 Å². The third-order valence-electron chi connectivity index (χ3n) is 4.00. The number of nitrogens with zero attached hydrogens (tertiary/aromatic N) is 2. The number of hydrogen-bond acceptors (Lipinski definition) is 3. The van der Waals surface area contributed by atoms with E-state index >= 15 is 0 Å². The van der Waals surface area contributed by atoms with Gasteiger partial charge in [-0.3, -0.25) is 0 Å². The van der Waals surface area contributed by atoms with Crippen LogP contribution < -0.4 is 10.2 Å². The van der Waals surface area contributed by atoms with Crippen molar-refractivity contribution in [3.05, 3.63) is 23.8 Å². The zero-order valence-corrected chi connectivity index (χ0v) is 14.1. The van der Waals surface area contributed by atoms with Gasteiger partial charge in [-0.2, -0.15) is 0 Å². The SMILES string of the molecule is CCOC1CCCN(C(=O)Nc2ccc(N(C)C)c(C)c2)C1. The van der Waals surface area contributed by atoms with Gasteiger partial charge in [-0.05, 0) is 50.5 Å². The van der Waals surface area contributed by atoms with Crippen LogP contribution in [-0.2, 0) is 4.74 Å². The number of carbonyl (C=O) groups excluding carboxylic acids is 1. The molecule has 5 nitrogen and oxygen atoms in total. The van der Waals surface area contributed by atoms with E-state index in [1.807, 2.05) is 44.1 Å². The minimum Gasteiger partial charge on any atom is -0.377 e. The molecule has 0 spiro atoms. The number of hydrogen-bond donors (Lipinski definition) is 1. The van der Waals surface area contributed by atoms with Gasteiger partial charge in [-0.1, -0.05) is 0 Å². The molecule has 1 aromatic carbocycles. The summed E-state index contributed by atoms with van der Waals surface area (Å²) in [6, 6.07) is 5.95. The summed E-state index contributed by atoms with van der Waals surface area (Å²) in [5.74, 6) is 0. The number of carbonyl (C=O) groups is 1. The highest BCUT2D eigenvalue weighted by Crippen LogP contribution is 2.22. The van der Waals surface area contributed by atoms with Crippen LogP contribution in [0.4, 0.5) is 16.2 Å². The molecule has 22 heavy (non-hydrogen) atoms. The Hall–Kier alpha value is -1.75. The van der Waals surface area contributed by atoms with Crippen molar-refractivity contribution in [3.63, 3.8) is 0 Å². The van der Waals surface area contributed by atoms with E-state index in [0.717, 1.165) is 36.3 Å². The normalized spacial score (nSPS) is 18.2. The second-order valence-electron chi connectivity index (χ2n) is 5.99. The van der Waals surface area contributed by atoms with E-state index in [1.54, 1.807) is 0 Å². The molecule has 1 aliphatic heterocycles. The van der Waals surface area contributed by atoms with Crippen LogP contribution in [0.1, 0.15) is 25.3 Å². The van der Waals surface area contributed by atoms with Gasteiger partial charge in [0.05, 0.1) is 6.10 Å². The molecule has 1 fully saturated rings. The maximum atomic E-state index is 12.4. The summed E-state index contributed by atoms with van der Waals surface area (Å²) < 4.78 is 5.65. The molecule has 1 heterocycles. The molecular weight excluding hydrogens is 278 g/mol. The summed E-state index contributed by atoms with van der Waals surface area (Å²) in [6.07, 6.45) is 2.20. The third-order valence-corrected chi connectivity index (χ3v) is 4.00. The van der Waals surface area contributed by atoms with Crippen LogP contribution in [0.15, 0.2) is 18.2 Å². The fourth-order valence-electron chi connectivity index (χ4n) is 2.93. The Morgan fingerprint density at radius 1 is 1.45 bits per heavy atom. The largest absolute Gasteiger partial charge is 0.377 e. The molecule has 5 heteroatoms. The van der Waals surface area contributed by atoms with E-state index in [0.29, 0.717) is 13.2 Å². The average Bonchev–Trinajstić information content (AvgIpc) is 2.47. The molecule has 2 rings (SSSR count). The highest BCUT2D eigenvalue weighted by Gasteiger charge is 2.23. The Morgan fingerprint density at radius 3 is 2.86 bits per heavy atom. The van der Waals surface area contributed by atoms with Crippen molar-refractivity contribution in [2.45, 2.75) is 32.8 Å². The fraction of sp³-hybridized carbons (Fsp3) is 0.588. The summed E-state index contributed by atoms with van der Waals surface area (Å²) in [7, 11) is 4.03. The number of nitrogens with one attached hydrogen (secondary N) is 1. The van der Waals surface area contributed by atoms with Gasteiger partial charge in [0.15, 0.2) is 0 Å². The smallest absolute Gasteiger partial charge is 0.321 e. The first-order valence-electron chi connectivity index (χ1n) is 7.96. The first kappa shape index (κ1) is 16.6. The Bertz CT molecular complexity index is 515. The van der Waals surface area contributed by atoms with Gasteiger partial charge in [0.1, 0.15) is 0 Å². The van der Waals surface area contributed by atoms with E-state index < -0.39 is 0 Å². The van der Waals surface area contributed by atoms with E-state index in [-0.39, 0.29) is 12.1 Å². The highest BCUT2D eigenvalue weighted by atomic mass is 16.5. The Balaban J connectivity index is 1.98. The first-order chi connectivity index (χ1) is 10.5. The van der Waals surface area contributed by atoms with Crippen molar-refractivity contribution in [3.8, 4) is 0 Å². The van der Waals surface area contributed by atoms with Gasteiger partial charge in [-0.25, -0.2) is 4.79 Å². The van der Waals surface area contributed by atoms with Gasteiger partial charge >= 0.3 is 6.03 Å².